The van der Waals surface area contributed by atoms with Crippen LogP contribution in [0, 0.1) is 12.3 Å². The van der Waals surface area contributed by atoms with Gasteiger partial charge in [0, 0.05) is 29.4 Å². The summed E-state index contributed by atoms with van der Waals surface area (Å²) < 4.78 is 0. The molecule has 0 atom stereocenters. The van der Waals surface area contributed by atoms with E-state index >= 15 is 0 Å². The number of carbonyl (C=O) groups excluding carboxylic acids is 1. The molecule has 2 aromatic rings. The Hall–Kier alpha value is -1.85. The van der Waals surface area contributed by atoms with E-state index in [2.05, 4.69) is 15.3 Å². The highest BCUT2D eigenvalue weighted by Gasteiger charge is 2.18. The predicted octanol–water partition coefficient (Wildman–Crippen LogP) is 3.57. The van der Waals surface area contributed by atoms with Gasteiger partial charge >= 0.3 is 0 Å². The first-order chi connectivity index (χ1) is 11.3. The van der Waals surface area contributed by atoms with Gasteiger partial charge in [0.15, 0.2) is 0 Å². The number of carbonyl (C=O) groups is 1. The highest BCUT2D eigenvalue weighted by molar-refractivity contribution is 6.30. The number of aliphatic hydroxyl groups is 1. The Balaban J connectivity index is 1.98. The van der Waals surface area contributed by atoms with Crippen LogP contribution in [0.5, 0.6) is 0 Å². The van der Waals surface area contributed by atoms with Crippen molar-refractivity contribution in [3.05, 3.63) is 40.7 Å². The van der Waals surface area contributed by atoms with E-state index in [1.807, 2.05) is 32.9 Å². The number of H-pyrrole nitrogens is 1. The van der Waals surface area contributed by atoms with Gasteiger partial charge in [-0.3, -0.25) is 4.79 Å². The summed E-state index contributed by atoms with van der Waals surface area (Å²) in [5.74, 6) is 0.431. The van der Waals surface area contributed by atoms with E-state index < -0.39 is 0 Å². The van der Waals surface area contributed by atoms with Crippen LogP contribution in [0.3, 0.4) is 0 Å². The third-order valence-electron chi connectivity index (χ3n) is 3.94. The highest BCUT2D eigenvalue weighted by atomic mass is 35.5. The summed E-state index contributed by atoms with van der Waals surface area (Å²) in [6.07, 6.45) is 1.65. The molecule has 0 aliphatic carbocycles. The molecule has 1 aromatic heterocycles. The minimum atomic E-state index is -0.196. The molecule has 0 bridgehead atoms. The molecule has 5 nitrogen and oxygen atoms in total. The van der Waals surface area contributed by atoms with Crippen LogP contribution in [0.2, 0.25) is 5.02 Å². The van der Waals surface area contributed by atoms with Gasteiger partial charge < -0.3 is 15.4 Å². The maximum Gasteiger partial charge on any atom is 0.271 e. The van der Waals surface area contributed by atoms with Crippen molar-refractivity contribution in [1.82, 2.24) is 15.3 Å². The Morgan fingerprint density at radius 3 is 2.83 bits per heavy atom. The molecule has 6 heteroatoms. The maximum absolute atomic E-state index is 12.3. The van der Waals surface area contributed by atoms with Gasteiger partial charge in [0.25, 0.3) is 5.91 Å². The van der Waals surface area contributed by atoms with E-state index in [-0.39, 0.29) is 17.9 Å². The molecule has 130 valence electrons. The van der Waals surface area contributed by atoms with Crippen molar-refractivity contribution < 1.29 is 9.90 Å². The van der Waals surface area contributed by atoms with E-state index in [1.54, 1.807) is 12.1 Å². The average molecular weight is 350 g/mol. The number of rotatable bonds is 7. The number of aryl methyl sites for hydroxylation is 1. The van der Waals surface area contributed by atoms with Crippen LogP contribution in [0.1, 0.15) is 42.9 Å². The third kappa shape index (κ3) is 4.82. The quantitative estimate of drug-likeness (QED) is 0.669. The largest absolute Gasteiger partial charge is 0.396 e. The fourth-order valence-corrected chi connectivity index (χ4v) is 2.58. The first kappa shape index (κ1) is 18.5. The summed E-state index contributed by atoms with van der Waals surface area (Å²) >= 11 is 6.00. The minimum absolute atomic E-state index is 0.118. The SMILES string of the molecule is Cc1[nH]c(-c2cccc(Cl)c2)nc1C(=O)NCCCC(C)(C)CO. The monoisotopic (exact) mass is 349 g/mol. The molecule has 24 heavy (non-hydrogen) atoms. The van der Waals surface area contributed by atoms with E-state index in [4.69, 9.17) is 11.6 Å². The maximum atomic E-state index is 12.3. The van der Waals surface area contributed by atoms with Crippen molar-refractivity contribution in [2.45, 2.75) is 33.6 Å². The second kappa shape index (κ2) is 7.81. The first-order valence-corrected chi connectivity index (χ1v) is 8.42. The van der Waals surface area contributed by atoms with E-state index in [0.29, 0.717) is 23.1 Å². The fraction of sp³-hybridized carbons (Fsp3) is 0.444. The van der Waals surface area contributed by atoms with E-state index in [0.717, 1.165) is 24.1 Å². The molecule has 1 aromatic carbocycles. The molecular formula is C18H24ClN3O2. The van der Waals surface area contributed by atoms with Gasteiger partial charge in [0.1, 0.15) is 11.5 Å². The summed E-state index contributed by atoms with van der Waals surface area (Å²) in [6, 6.07) is 7.34. The van der Waals surface area contributed by atoms with Crippen LogP contribution < -0.4 is 5.32 Å². The van der Waals surface area contributed by atoms with Gasteiger partial charge in [-0.25, -0.2) is 4.98 Å². The standard InChI is InChI=1S/C18H24ClN3O2/c1-12-15(17(24)20-9-5-8-18(2,3)11-23)22-16(21-12)13-6-4-7-14(19)10-13/h4,6-7,10,23H,5,8-9,11H2,1-3H3,(H,20,24)(H,21,22). The number of aromatic nitrogens is 2. The fourth-order valence-electron chi connectivity index (χ4n) is 2.39. The third-order valence-corrected chi connectivity index (χ3v) is 4.18. The second-order valence-electron chi connectivity index (χ2n) is 6.75. The number of halogens is 1. The number of hydrogen-bond donors (Lipinski definition) is 3. The average Bonchev–Trinajstić information content (AvgIpc) is 2.93. The summed E-state index contributed by atoms with van der Waals surface area (Å²) in [4.78, 5) is 19.8. The van der Waals surface area contributed by atoms with Crippen molar-refractivity contribution in [2.24, 2.45) is 5.41 Å². The Kier molecular flexibility index (Phi) is 6.02. The molecule has 0 unspecified atom stereocenters. The van der Waals surface area contributed by atoms with E-state index in [1.165, 1.54) is 0 Å². The van der Waals surface area contributed by atoms with Gasteiger partial charge in [-0.05, 0) is 37.3 Å². The molecule has 0 aliphatic rings. The van der Waals surface area contributed by atoms with Crippen LogP contribution in [-0.2, 0) is 0 Å². The molecular weight excluding hydrogens is 326 g/mol. The number of nitrogens with one attached hydrogen (secondary N) is 2. The first-order valence-electron chi connectivity index (χ1n) is 8.04. The van der Waals surface area contributed by atoms with E-state index in [9.17, 15) is 9.90 Å². The molecule has 0 radical (unpaired) electrons. The molecule has 2 rings (SSSR count). The Morgan fingerprint density at radius 1 is 1.42 bits per heavy atom. The lowest BCUT2D eigenvalue weighted by Gasteiger charge is -2.21. The van der Waals surface area contributed by atoms with Crippen LogP contribution in [0.25, 0.3) is 11.4 Å². The smallest absolute Gasteiger partial charge is 0.271 e. The zero-order chi connectivity index (χ0) is 17.7. The van der Waals surface area contributed by atoms with Crippen molar-refractivity contribution in [3.8, 4) is 11.4 Å². The number of aromatic amines is 1. The molecule has 0 aliphatic heterocycles. The van der Waals surface area contributed by atoms with Gasteiger partial charge in [0.05, 0.1) is 0 Å². The lowest BCUT2D eigenvalue weighted by atomic mass is 9.89. The number of amides is 1. The summed E-state index contributed by atoms with van der Waals surface area (Å²) in [7, 11) is 0. The normalized spacial score (nSPS) is 11.5. The molecule has 0 fully saturated rings. The van der Waals surface area contributed by atoms with Crippen LogP contribution >= 0.6 is 11.6 Å². The zero-order valence-electron chi connectivity index (χ0n) is 14.3. The lowest BCUT2D eigenvalue weighted by Crippen LogP contribution is -2.27. The molecule has 1 heterocycles. The molecule has 3 N–H and O–H groups in total. The topological polar surface area (TPSA) is 78.0 Å². The van der Waals surface area contributed by atoms with Crippen molar-refractivity contribution >= 4 is 17.5 Å². The Morgan fingerprint density at radius 2 is 2.17 bits per heavy atom. The van der Waals surface area contributed by atoms with Crippen LogP contribution in [-0.4, -0.2) is 34.1 Å². The molecule has 1 amide bonds. The molecule has 0 saturated carbocycles. The number of benzene rings is 1. The number of hydrogen-bond acceptors (Lipinski definition) is 3. The highest BCUT2D eigenvalue weighted by Crippen LogP contribution is 2.22. The number of nitrogens with zero attached hydrogens (tertiary/aromatic N) is 1. The van der Waals surface area contributed by atoms with Crippen molar-refractivity contribution in [3.63, 3.8) is 0 Å². The van der Waals surface area contributed by atoms with Gasteiger partial charge in [0.2, 0.25) is 0 Å². The van der Waals surface area contributed by atoms with Crippen molar-refractivity contribution in [1.29, 1.82) is 0 Å². The van der Waals surface area contributed by atoms with Gasteiger partial charge in [-0.2, -0.15) is 0 Å². The Labute approximate surface area is 147 Å². The summed E-state index contributed by atoms with van der Waals surface area (Å²) in [5.41, 5.74) is 1.84. The van der Waals surface area contributed by atoms with Gasteiger partial charge in [-0.1, -0.05) is 37.6 Å². The summed E-state index contributed by atoms with van der Waals surface area (Å²) in [5, 5.41) is 12.7. The molecule has 0 spiro atoms. The number of imidazole rings is 1. The van der Waals surface area contributed by atoms with Gasteiger partial charge in [-0.15, -0.1) is 0 Å². The number of aliphatic hydroxyl groups excluding tert-OH is 1. The van der Waals surface area contributed by atoms with Crippen molar-refractivity contribution in [2.75, 3.05) is 13.2 Å². The molecule has 0 saturated heterocycles. The zero-order valence-corrected chi connectivity index (χ0v) is 15.1. The second-order valence-corrected chi connectivity index (χ2v) is 7.19. The Bertz CT molecular complexity index is 710. The van der Waals surface area contributed by atoms with Crippen LogP contribution in [0.15, 0.2) is 24.3 Å². The van der Waals surface area contributed by atoms with Crippen LogP contribution in [0.4, 0.5) is 0 Å². The minimum Gasteiger partial charge on any atom is -0.396 e. The predicted molar refractivity (Wildman–Crippen MR) is 96.2 cm³/mol. The summed E-state index contributed by atoms with van der Waals surface area (Å²) in [6.45, 7) is 6.53. The lowest BCUT2D eigenvalue weighted by molar-refractivity contribution is 0.0943.